The molecule has 0 aliphatic carbocycles. The highest BCUT2D eigenvalue weighted by Crippen LogP contribution is 2.12. The van der Waals surface area contributed by atoms with E-state index in [0.29, 0.717) is 12.1 Å². The number of aliphatic carboxylic acids is 1. The minimum Gasteiger partial charge on any atom is -0.481 e. The summed E-state index contributed by atoms with van der Waals surface area (Å²) >= 11 is 3.32. The Bertz CT molecular complexity index is 642. The molecule has 106 valence electrons. The molecule has 2 amide bonds. The number of carboxylic acids is 1. The van der Waals surface area contributed by atoms with Gasteiger partial charge in [0, 0.05) is 23.6 Å². The third kappa shape index (κ3) is 3.92. The number of anilines is 1. The van der Waals surface area contributed by atoms with Crippen molar-refractivity contribution in [1.29, 1.82) is 0 Å². The van der Waals surface area contributed by atoms with Gasteiger partial charge in [0.2, 0.25) is 0 Å². The van der Waals surface area contributed by atoms with E-state index in [0.717, 1.165) is 4.47 Å². The Morgan fingerprint density at radius 1 is 1.45 bits per heavy atom. The molecule has 2 rings (SSSR count). The summed E-state index contributed by atoms with van der Waals surface area (Å²) in [6.07, 6.45) is 2.09. The zero-order valence-corrected chi connectivity index (χ0v) is 11.9. The molecule has 2 aromatic heterocycles. The van der Waals surface area contributed by atoms with E-state index in [-0.39, 0.29) is 18.9 Å². The lowest BCUT2D eigenvalue weighted by Crippen LogP contribution is -2.30. The molecule has 0 saturated carbocycles. The van der Waals surface area contributed by atoms with Crippen molar-refractivity contribution in [2.24, 2.45) is 0 Å². The van der Waals surface area contributed by atoms with Crippen LogP contribution in [0.15, 0.2) is 22.8 Å². The van der Waals surface area contributed by atoms with E-state index < -0.39 is 12.0 Å². The van der Waals surface area contributed by atoms with Gasteiger partial charge in [-0.3, -0.25) is 10.1 Å². The van der Waals surface area contributed by atoms with Crippen molar-refractivity contribution in [1.82, 2.24) is 19.9 Å². The molecule has 0 spiro atoms. The summed E-state index contributed by atoms with van der Waals surface area (Å²) in [6.45, 7) is 0.275. The third-order valence-electron chi connectivity index (χ3n) is 2.38. The van der Waals surface area contributed by atoms with E-state index >= 15 is 0 Å². The van der Waals surface area contributed by atoms with E-state index in [4.69, 9.17) is 5.11 Å². The van der Waals surface area contributed by atoms with Crippen molar-refractivity contribution in [3.05, 3.63) is 22.8 Å². The van der Waals surface area contributed by atoms with E-state index in [9.17, 15) is 9.59 Å². The Labute approximate surface area is 122 Å². The number of rotatable bonds is 5. The number of fused-ring (bicyclic) bond motifs is 1. The highest BCUT2D eigenvalue weighted by atomic mass is 79.9. The van der Waals surface area contributed by atoms with Crippen LogP contribution in [0.1, 0.15) is 12.8 Å². The second-order valence-electron chi connectivity index (χ2n) is 3.96. The molecule has 8 nitrogen and oxygen atoms in total. The highest BCUT2D eigenvalue weighted by molar-refractivity contribution is 9.10. The summed E-state index contributed by atoms with van der Waals surface area (Å²) in [7, 11) is 0. The minimum absolute atomic E-state index is 0.0148. The number of amides is 2. The molecule has 20 heavy (non-hydrogen) atoms. The summed E-state index contributed by atoms with van der Waals surface area (Å²) in [4.78, 5) is 26.0. The van der Waals surface area contributed by atoms with Crippen LogP contribution in [-0.4, -0.2) is 38.2 Å². The molecule has 3 N–H and O–H groups in total. The van der Waals surface area contributed by atoms with Crippen molar-refractivity contribution < 1.29 is 14.7 Å². The maximum atomic E-state index is 11.5. The molecule has 0 aliphatic heterocycles. The molecule has 0 fully saturated rings. The summed E-state index contributed by atoms with van der Waals surface area (Å²) in [5.41, 5.74) is 0.598. The van der Waals surface area contributed by atoms with Crippen LogP contribution in [0.3, 0.4) is 0 Å². The lowest BCUT2D eigenvalue weighted by molar-refractivity contribution is -0.137. The fraction of sp³-hybridized carbons (Fsp3) is 0.273. The fourth-order valence-electron chi connectivity index (χ4n) is 1.50. The monoisotopic (exact) mass is 341 g/mol. The van der Waals surface area contributed by atoms with Crippen LogP contribution in [0.2, 0.25) is 0 Å². The Morgan fingerprint density at radius 2 is 2.25 bits per heavy atom. The average molecular weight is 342 g/mol. The molecule has 2 heterocycles. The Balaban J connectivity index is 1.88. The molecule has 9 heteroatoms. The van der Waals surface area contributed by atoms with Gasteiger partial charge < -0.3 is 10.4 Å². The highest BCUT2D eigenvalue weighted by Gasteiger charge is 2.07. The van der Waals surface area contributed by atoms with E-state index in [1.54, 1.807) is 18.3 Å². The molecule has 0 saturated heterocycles. The first-order chi connectivity index (χ1) is 9.54. The predicted octanol–water partition coefficient (Wildman–Crippen LogP) is 1.48. The smallest absolute Gasteiger partial charge is 0.321 e. The molecule has 0 unspecified atom stereocenters. The molecular formula is C11H12BrN5O3. The van der Waals surface area contributed by atoms with Gasteiger partial charge >= 0.3 is 12.0 Å². The minimum atomic E-state index is -0.889. The summed E-state index contributed by atoms with van der Waals surface area (Å²) in [5, 5.41) is 17.5. The van der Waals surface area contributed by atoms with Gasteiger partial charge in [-0.15, -0.1) is 5.10 Å². The molecule has 0 aliphatic rings. The quantitative estimate of drug-likeness (QED) is 0.713. The van der Waals surface area contributed by atoms with Crippen molar-refractivity contribution in [2.75, 3.05) is 11.9 Å². The van der Waals surface area contributed by atoms with Crippen molar-refractivity contribution in [3.63, 3.8) is 0 Å². The standard InChI is InChI=1S/C11H12BrN5O3/c12-7-3-5-17-8(6-7)14-10(16-17)15-11(20)13-4-1-2-9(18)19/h3,5-6H,1-2,4H2,(H,18,19)(H2,13,15,16,20). The number of pyridine rings is 1. The molecular weight excluding hydrogens is 330 g/mol. The number of hydrogen-bond acceptors (Lipinski definition) is 4. The first kappa shape index (κ1) is 14.3. The topological polar surface area (TPSA) is 109 Å². The van der Waals surface area contributed by atoms with Crippen LogP contribution < -0.4 is 10.6 Å². The van der Waals surface area contributed by atoms with Crippen LogP contribution in [0.25, 0.3) is 5.65 Å². The van der Waals surface area contributed by atoms with Gasteiger partial charge in [0.25, 0.3) is 5.95 Å². The SMILES string of the molecule is O=C(O)CCCNC(=O)Nc1nc2cc(Br)ccn2n1. The van der Waals surface area contributed by atoms with Gasteiger partial charge in [0.1, 0.15) is 0 Å². The fourth-order valence-corrected chi connectivity index (χ4v) is 1.82. The largest absolute Gasteiger partial charge is 0.481 e. The maximum absolute atomic E-state index is 11.5. The molecule has 0 aromatic carbocycles. The number of urea groups is 1. The van der Waals surface area contributed by atoms with Crippen LogP contribution in [0, 0.1) is 0 Å². The zero-order chi connectivity index (χ0) is 14.5. The number of carbonyl (C=O) groups excluding carboxylic acids is 1. The van der Waals surface area contributed by atoms with Crippen LogP contribution in [0.4, 0.5) is 10.7 Å². The maximum Gasteiger partial charge on any atom is 0.321 e. The van der Waals surface area contributed by atoms with Gasteiger partial charge in [0.15, 0.2) is 5.65 Å². The van der Waals surface area contributed by atoms with E-state index in [1.807, 2.05) is 0 Å². The number of carbonyl (C=O) groups is 2. The summed E-state index contributed by atoms with van der Waals surface area (Å²) in [5.74, 6) is -0.710. The second kappa shape index (κ2) is 6.33. The Hall–Kier alpha value is -2.16. The molecule has 0 bridgehead atoms. The van der Waals surface area contributed by atoms with E-state index in [1.165, 1.54) is 4.52 Å². The first-order valence-corrected chi connectivity index (χ1v) is 6.62. The van der Waals surface area contributed by atoms with E-state index in [2.05, 4.69) is 36.6 Å². The van der Waals surface area contributed by atoms with Gasteiger partial charge in [-0.25, -0.2) is 9.31 Å². The third-order valence-corrected chi connectivity index (χ3v) is 2.87. The summed E-state index contributed by atoms with van der Waals surface area (Å²) < 4.78 is 2.40. The Morgan fingerprint density at radius 3 is 3.00 bits per heavy atom. The molecule has 0 radical (unpaired) electrons. The second-order valence-corrected chi connectivity index (χ2v) is 4.88. The van der Waals surface area contributed by atoms with Gasteiger partial charge in [-0.1, -0.05) is 15.9 Å². The Kier molecular flexibility index (Phi) is 4.51. The van der Waals surface area contributed by atoms with Gasteiger partial charge in [-0.05, 0) is 18.6 Å². The average Bonchev–Trinajstić information content (AvgIpc) is 2.75. The van der Waals surface area contributed by atoms with Gasteiger partial charge in [0.05, 0.1) is 0 Å². The van der Waals surface area contributed by atoms with Crippen LogP contribution >= 0.6 is 15.9 Å². The number of nitrogens with one attached hydrogen (secondary N) is 2. The van der Waals surface area contributed by atoms with Crippen LogP contribution in [-0.2, 0) is 4.79 Å². The summed E-state index contributed by atoms with van der Waals surface area (Å²) in [6, 6.07) is 3.10. The number of carboxylic acid groups (broad SMARTS) is 1. The predicted molar refractivity (Wildman–Crippen MR) is 74.6 cm³/mol. The lowest BCUT2D eigenvalue weighted by atomic mass is 10.3. The molecule has 2 aromatic rings. The van der Waals surface area contributed by atoms with Crippen LogP contribution in [0.5, 0.6) is 0 Å². The zero-order valence-electron chi connectivity index (χ0n) is 10.3. The number of halogens is 1. The first-order valence-electron chi connectivity index (χ1n) is 5.83. The van der Waals surface area contributed by atoms with Gasteiger partial charge in [-0.2, -0.15) is 4.98 Å². The number of aromatic nitrogens is 3. The number of hydrogen-bond donors (Lipinski definition) is 3. The van der Waals surface area contributed by atoms with Crippen molar-refractivity contribution in [2.45, 2.75) is 12.8 Å². The van der Waals surface area contributed by atoms with Crippen molar-refractivity contribution in [3.8, 4) is 0 Å². The molecule has 0 atom stereocenters. The number of nitrogens with zero attached hydrogens (tertiary/aromatic N) is 3. The lowest BCUT2D eigenvalue weighted by Gasteiger charge is -2.03. The van der Waals surface area contributed by atoms with Crippen molar-refractivity contribution >= 4 is 39.5 Å². The normalized spacial score (nSPS) is 10.4.